The summed E-state index contributed by atoms with van der Waals surface area (Å²) in [5, 5.41) is 20.8. The maximum Gasteiger partial charge on any atom is 0.200 e. The first-order valence-electron chi connectivity index (χ1n) is 31.3. The molecule has 25 rings (SSSR count). The number of fused-ring (bicyclic) bond motifs is 4. The number of hydrogen-bond acceptors (Lipinski definition) is 12. The van der Waals surface area contributed by atoms with Crippen molar-refractivity contribution in [3.8, 4) is 56.8 Å². The summed E-state index contributed by atoms with van der Waals surface area (Å²) in [6.07, 6.45) is 17.4. The van der Waals surface area contributed by atoms with Crippen LogP contribution in [0.25, 0.3) is 22.3 Å². The molecule has 44 heteroatoms. The number of rotatable bonds is 0. The Kier molecular flexibility index (Phi) is 29.0. The molecule has 0 saturated carbocycles. The van der Waals surface area contributed by atoms with Crippen LogP contribution < -0.4 is 37.2 Å². The molecule has 4 aromatic heterocycles. The van der Waals surface area contributed by atoms with E-state index in [9.17, 15) is 111 Å². The maximum absolute atomic E-state index is 10.7. The molecule has 608 valence electrons. The summed E-state index contributed by atoms with van der Waals surface area (Å²) in [6.45, 7) is 9.05. The van der Waals surface area contributed by atoms with Gasteiger partial charge in [0.05, 0.1) is 79.3 Å². The van der Waals surface area contributed by atoms with Gasteiger partial charge in [0.15, 0.2) is 98.8 Å². The van der Waals surface area contributed by atoms with E-state index in [-0.39, 0.29) is 37.9 Å². The summed E-state index contributed by atoms with van der Waals surface area (Å²) < 4.78 is 301. The number of aromatic hydroxyl groups is 2. The smallest absolute Gasteiger partial charge is 0.200 e. The van der Waals surface area contributed by atoms with Crippen LogP contribution in [0.1, 0.15) is 22.3 Å². The van der Waals surface area contributed by atoms with E-state index in [1.807, 2.05) is 0 Å². The molecule has 108 heavy (non-hydrogen) atoms. The summed E-state index contributed by atoms with van der Waals surface area (Å²) in [7, 11) is -42.6. The van der Waals surface area contributed by atoms with Crippen molar-refractivity contribution in [1.82, 2.24) is 0 Å². The fraction of sp³-hybridized carbons (Fsp3) is 0.312. The van der Waals surface area contributed by atoms with Gasteiger partial charge in [-0.1, -0.05) is 60.7 Å². The van der Waals surface area contributed by atoms with Crippen molar-refractivity contribution in [2.75, 3.05) is 106 Å². The summed E-state index contributed by atoms with van der Waals surface area (Å²) in [5.74, 6) is 1.12. The van der Waals surface area contributed by atoms with E-state index >= 15 is 0 Å². The third kappa shape index (κ3) is 49.9. The van der Waals surface area contributed by atoms with Crippen LogP contribution in [-0.4, -0.2) is 116 Å². The van der Waals surface area contributed by atoms with E-state index in [0.29, 0.717) is 102 Å². The molecule has 0 amide bonds. The topological polar surface area (TPSA) is 148 Å². The van der Waals surface area contributed by atoms with Crippen LogP contribution in [-0.2, 0) is 54.6 Å². The van der Waals surface area contributed by atoms with Gasteiger partial charge < -0.3 is 57.6 Å². The Morgan fingerprint density at radius 2 is 0.352 bits per heavy atom. The quantitative estimate of drug-likeness (QED) is 0.0846. The molecule has 0 unspecified atom stereocenters. The van der Waals surface area contributed by atoms with Gasteiger partial charge in [-0.15, -0.1) is 0 Å². The van der Waals surface area contributed by atoms with E-state index in [1.165, 1.54) is 44.5 Å². The second kappa shape index (κ2) is 34.6. The van der Waals surface area contributed by atoms with Gasteiger partial charge in [0.25, 0.3) is 0 Å². The van der Waals surface area contributed by atoms with Gasteiger partial charge in [-0.05, 0) is 46.5 Å². The van der Waals surface area contributed by atoms with Crippen molar-refractivity contribution in [2.45, 2.75) is 26.2 Å². The number of aromatic nitrogens is 4. The average molecular weight is 1670 g/mol. The van der Waals surface area contributed by atoms with Crippen molar-refractivity contribution >= 4 is 31.2 Å². The predicted octanol–water partition coefficient (Wildman–Crippen LogP) is 20.6. The first-order chi connectivity index (χ1) is 49.3. The molecule has 0 spiro atoms. The summed E-state index contributed by atoms with van der Waals surface area (Å²) in [5.41, 5.74) is 10.1. The van der Waals surface area contributed by atoms with Crippen LogP contribution in [0.15, 0.2) is 183 Å². The molecular formula is C64H72F24N4O12P4. The number of nitrogens with zero attached hydrogens (tertiary/aromatic N) is 4. The SMILES string of the molecule is F[P-](F)(F)(F)(F)F.F[P-](F)(F)(F)(F)F.F[P-](F)(F)(F)(F)F.F[P-](F)(F)(F)(F)F.Oc1c2cccc1OCCOCCOCCOCCOc1cccc(c1O)OCCOCCOCCOCCO2.c1cc2ccc1C[n+]1ccc(cc1)-c1cc[n+](cc1)Cc1ccc(cc1)C[n+]1ccc(cc1)-c1cc[n+](cc1)C2. The molecule has 0 atom stereocenters. The van der Waals surface area contributed by atoms with Gasteiger partial charge in [-0.2, -0.15) is 0 Å². The molecule has 2 N–H and O–H groups in total. The molecule has 0 aliphatic carbocycles. The monoisotopic (exact) mass is 1670 g/mol. The second-order valence-corrected chi connectivity index (χ2v) is 30.4. The molecule has 17 aliphatic heterocycles. The van der Waals surface area contributed by atoms with E-state index in [0.717, 1.165) is 26.2 Å². The van der Waals surface area contributed by atoms with Gasteiger partial charge in [-0.3, -0.25) is 0 Å². The number of benzene rings is 4. The summed E-state index contributed by atoms with van der Waals surface area (Å²) in [6, 6.07) is 45.6. The van der Waals surface area contributed by atoms with E-state index in [4.69, 9.17) is 47.4 Å². The minimum Gasteiger partial charge on any atom is -0.502 e. The van der Waals surface area contributed by atoms with E-state index in [1.54, 1.807) is 36.4 Å². The fourth-order valence-electron chi connectivity index (χ4n) is 8.76. The standard InChI is InChI=1S/C36H32N4.C28H40O12.4F6P/c1-2-30-4-3-29(1)25-37-17-9-33(10-18-37)35-13-21-39(22-14-35)27-31-5-7-32(8-6-31)28-40-23-15-36(16-24-40)34-11-19-38(26-30)20-12-34;29-27-23-3-1-4-24(27)38-20-16-34-12-8-32-10-14-36-18-22-40-26-6-2-5-25(28(26)30)39-21-17-35-13-9-31-7-11-33-15-19-37-23;4*1-7(2,3,4,5)6/h1-24H,25-28H2;1-6,29-30H,7-22H2;;;;/q+4;;4*-1. The zero-order chi connectivity index (χ0) is 80.5. The van der Waals surface area contributed by atoms with E-state index < -0.39 is 31.2 Å². The number of phenols is 2. The van der Waals surface area contributed by atoms with Crippen molar-refractivity contribution in [3.63, 3.8) is 0 Å². The zero-order valence-electron chi connectivity index (χ0n) is 56.1. The predicted molar refractivity (Wildman–Crippen MR) is 351 cm³/mol. The van der Waals surface area contributed by atoms with Crippen LogP contribution >= 0.6 is 31.2 Å². The number of hydrogen-bond donors (Lipinski definition) is 2. The Hall–Kier alpha value is -7.92. The molecule has 4 aromatic carbocycles. The first kappa shape index (κ1) is 90.7. The van der Waals surface area contributed by atoms with Crippen molar-refractivity contribution in [1.29, 1.82) is 0 Å². The molecule has 0 radical (unpaired) electrons. The van der Waals surface area contributed by atoms with E-state index in [2.05, 4.69) is 165 Å². The Balaban J connectivity index is 0.000000286. The van der Waals surface area contributed by atoms with Crippen molar-refractivity contribution in [2.24, 2.45) is 0 Å². The molecule has 21 heterocycles. The van der Waals surface area contributed by atoms with Crippen molar-refractivity contribution in [3.05, 3.63) is 205 Å². The largest absolute Gasteiger partial charge is 0.502 e. The molecule has 16 nitrogen and oxygen atoms in total. The zero-order valence-corrected chi connectivity index (χ0v) is 59.7. The second-order valence-electron chi connectivity index (χ2n) is 22.8. The Morgan fingerprint density at radius 1 is 0.213 bits per heavy atom. The Bertz CT molecular complexity index is 3540. The fourth-order valence-corrected chi connectivity index (χ4v) is 8.76. The molecule has 0 saturated heterocycles. The molecule has 0 fully saturated rings. The first-order valence-corrected chi connectivity index (χ1v) is 39.4. The average Bonchev–Trinajstić information content (AvgIpc) is 0.801. The van der Waals surface area contributed by atoms with Gasteiger partial charge >= 0.3 is 132 Å². The molecule has 17 aliphatic rings. The minimum absolute atomic E-state index is 0.0686. The van der Waals surface area contributed by atoms with Crippen LogP contribution in [0.2, 0.25) is 0 Å². The van der Waals surface area contributed by atoms with Gasteiger partial charge in [0.1, 0.15) is 26.4 Å². The number of para-hydroxylation sites is 2. The summed E-state index contributed by atoms with van der Waals surface area (Å²) in [4.78, 5) is 0. The van der Waals surface area contributed by atoms with Crippen LogP contribution in [0.4, 0.5) is 101 Å². The van der Waals surface area contributed by atoms with Crippen LogP contribution in [0.5, 0.6) is 34.5 Å². The van der Waals surface area contributed by atoms with Crippen molar-refractivity contribution < 1.29 is 177 Å². The van der Waals surface area contributed by atoms with Gasteiger partial charge in [-0.25, -0.2) is 18.3 Å². The minimum atomic E-state index is -10.7. The third-order valence-electron chi connectivity index (χ3n) is 13.1. The van der Waals surface area contributed by atoms with Gasteiger partial charge in [0, 0.05) is 70.8 Å². The maximum atomic E-state index is 10.4. The Labute approximate surface area is 600 Å². The number of pyridine rings is 4. The van der Waals surface area contributed by atoms with Gasteiger partial charge in [0.2, 0.25) is 11.5 Å². The third-order valence-corrected chi connectivity index (χ3v) is 13.1. The Morgan fingerprint density at radius 3 is 0.500 bits per heavy atom. The summed E-state index contributed by atoms with van der Waals surface area (Å²) >= 11 is 0. The number of halogens is 24. The molecule has 8 aromatic rings. The molecule has 16 bridgehead atoms. The molecular weight excluding hydrogens is 1600 g/mol. The van der Waals surface area contributed by atoms with Crippen LogP contribution in [0, 0.1) is 0 Å². The normalized spacial score (nSPS) is 17.6. The number of ether oxygens (including phenoxy) is 10. The number of phenolic OH excluding ortho intramolecular Hbond substituents is 2. The van der Waals surface area contributed by atoms with Crippen LogP contribution in [0.3, 0.4) is 0 Å².